The minimum Gasteiger partial charge on any atom is -0.478 e. The zero-order valence-electron chi connectivity index (χ0n) is 36.2. The predicted octanol–water partition coefficient (Wildman–Crippen LogP) is 9.56. The first-order valence-electron chi connectivity index (χ1n) is 22.3. The van der Waals surface area contributed by atoms with E-state index in [-0.39, 0.29) is 11.1 Å². The van der Waals surface area contributed by atoms with Gasteiger partial charge in [0.05, 0.1) is 11.1 Å². The van der Waals surface area contributed by atoms with E-state index in [1.165, 1.54) is 0 Å². The number of benzene rings is 10. The topological polar surface area (TPSA) is 74.6 Å². The molecule has 318 valence electrons. The van der Waals surface area contributed by atoms with E-state index in [4.69, 9.17) is 0 Å². The number of hydrogen-bond donors (Lipinski definition) is 2. The molecule has 0 radical (unpaired) electrons. The fourth-order valence-electron chi connectivity index (χ4n) is 10.6. The zero-order valence-corrected chi connectivity index (χ0v) is 38.2. The van der Waals surface area contributed by atoms with Gasteiger partial charge in [0.1, 0.15) is 0 Å². The number of carboxylic acids is 2. The fourth-order valence-corrected chi connectivity index (χ4v) is 20.6. The van der Waals surface area contributed by atoms with E-state index in [9.17, 15) is 19.8 Å². The third-order valence-corrected chi connectivity index (χ3v) is 23.2. The van der Waals surface area contributed by atoms with Crippen molar-refractivity contribution in [2.75, 3.05) is 0 Å². The van der Waals surface area contributed by atoms with Crippen LogP contribution in [0.25, 0.3) is 32.7 Å². The maximum atomic E-state index is 14.9. The number of aromatic carboxylic acids is 2. The molecular weight excluding hydrogens is 841 g/mol. The fraction of sp³-hybridized carbons (Fsp3) is 0.0333. The van der Waals surface area contributed by atoms with Gasteiger partial charge in [0.15, 0.2) is 16.1 Å². The van der Waals surface area contributed by atoms with E-state index in [1.54, 1.807) is 0 Å². The van der Waals surface area contributed by atoms with Crippen molar-refractivity contribution in [3.05, 3.63) is 265 Å². The van der Waals surface area contributed by atoms with Gasteiger partial charge < -0.3 is 10.2 Å². The number of carboxylic acid groups (broad SMARTS) is 2. The van der Waals surface area contributed by atoms with E-state index >= 15 is 0 Å². The van der Waals surface area contributed by atoms with Crippen molar-refractivity contribution in [1.29, 1.82) is 0 Å². The van der Waals surface area contributed by atoms with E-state index < -0.39 is 28.1 Å². The molecule has 0 fully saturated rings. The lowest BCUT2D eigenvalue weighted by atomic mass is 9.86. The van der Waals surface area contributed by atoms with Gasteiger partial charge in [-0.25, -0.2) is 9.59 Å². The third-order valence-electron chi connectivity index (χ3n) is 13.4. The van der Waals surface area contributed by atoms with Crippen molar-refractivity contribution >= 4 is 80.8 Å². The number of rotatable bonds is 13. The molecule has 0 saturated carbocycles. The van der Waals surface area contributed by atoms with E-state index in [0.717, 1.165) is 53.0 Å². The quantitative estimate of drug-likeness (QED) is 0.0895. The second-order valence-electron chi connectivity index (χ2n) is 17.0. The highest BCUT2D eigenvalue weighted by molar-refractivity contribution is 7.12. The molecular formula is C60H46O4Si2. The van der Waals surface area contributed by atoms with Crippen LogP contribution in [0.4, 0.5) is 0 Å². The molecule has 10 rings (SSSR count). The van der Waals surface area contributed by atoms with Crippen LogP contribution < -0.4 is 31.1 Å². The monoisotopic (exact) mass is 886 g/mol. The Morgan fingerprint density at radius 3 is 0.879 bits per heavy atom. The molecule has 0 atom stereocenters. The van der Waals surface area contributed by atoms with Gasteiger partial charge in [-0.2, -0.15) is 0 Å². The molecule has 0 bridgehead atoms. The third kappa shape index (κ3) is 7.36. The van der Waals surface area contributed by atoms with Gasteiger partial charge in [-0.3, -0.25) is 0 Å². The van der Waals surface area contributed by atoms with Crippen LogP contribution in [0.15, 0.2) is 243 Å². The molecule has 0 aliphatic carbocycles. The largest absolute Gasteiger partial charge is 0.478 e. The van der Waals surface area contributed by atoms with Gasteiger partial charge in [0, 0.05) is 11.1 Å². The summed E-state index contributed by atoms with van der Waals surface area (Å²) in [7, 11) is -6.78. The van der Waals surface area contributed by atoms with Crippen LogP contribution in [-0.2, 0) is 12.1 Å². The zero-order chi connectivity index (χ0) is 45.1. The van der Waals surface area contributed by atoms with Gasteiger partial charge in [-0.15, -0.1) is 0 Å². The first kappa shape index (κ1) is 42.1. The Morgan fingerprint density at radius 1 is 0.333 bits per heavy atom. The molecule has 0 saturated heterocycles. The highest BCUT2D eigenvalue weighted by Crippen LogP contribution is 2.40. The van der Waals surface area contributed by atoms with Crippen molar-refractivity contribution in [3.8, 4) is 11.1 Å². The summed E-state index contributed by atoms with van der Waals surface area (Å²) in [5.41, 5.74) is 3.28. The molecule has 0 amide bonds. The van der Waals surface area contributed by atoms with Crippen LogP contribution in [0, 0.1) is 0 Å². The Bertz CT molecular complexity index is 3040. The lowest BCUT2D eigenvalue weighted by Crippen LogP contribution is -2.70. The molecule has 0 spiro atoms. The summed E-state index contributed by atoms with van der Waals surface area (Å²) >= 11 is 0. The van der Waals surface area contributed by atoms with Gasteiger partial charge in [-0.05, 0) is 75.9 Å². The van der Waals surface area contributed by atoms with Crippen LogP contribution in [0.1, 0.15) is 31.8 Å². The first-order chi connectivity index (χ1) is 32.4. The standard InChI is InChI=1S/C60H46O4Si2/c61-59(62)57-53(65(47-29-11-3-12-30-47,48-31-13-4-14-32-48)41-43-23-7-1-8-24-43)39-45-27-19-21-37-51(45)55(57)56-52-38-22-20-28-46(52)40-54(58(56)60(63)64)66(49-33-15-5-16-34-49,50-35-17-6-18-36-50)42-44-25-9-2-10-26-44/h1-40H,41-42H2,(H,61,62)(H,63,64). The van der Waals surface area contributed by atoms with Crippen molar-refractivity contribution < 1.29 is 19.8 Å². The molecule has 0 heterocycles. The molecule has 6 heteroatoms. The summed E-state index contributed by atoms with van der Waals surface area (Å²) in [6, 6.07) is 83.3. The van der Waals surface area contributed by atoms with Crippen LogP contribution in [0.5, 0.6) is 0 Å². The average Bonchev–Trinajstić information content (AvgIpc) is 3.37. The summed E-state index contributed by atoms with van der Waals surface area (Å²) in [6.07, 6.45) is 0. The Hall–Kier alpha value is -7.91. The summed E-state index contributed by atoms with van der Waals surface area (Å²) < 4.78 is 0. The molecule has 10 aromatic rings. The minimum atomic E-state index is -3.39. The predicted molar refractivity (Wildman–Crippen MR) is 276 cm³/mol. The highest BCUT2D eigenvalue weighted by Gasteiger charge is 2.46. The van der Waals surface area contributed by atoms with Crippen LogP contribution >= 0.6 is 0 Å². The summed E-state index contributed by atoms with van der Waals surface area (Å²) in [6.45, 7) is 0. The van der Waals surface area contributed by atoms with E-state index in [0.29, 0.717) is 34.0 Å². The molecule has 0 aliphatic heterocycles. The van der Waals surface area contributed by atoms with Crippen LogP contribution in [0.2, 0.25) is 0 Å². The molecule has 10 aromatic carbocycles. The lowest BCUT2D eigenvalue weighted by molar-refractivity contribution is 0.0686. The second-order valence-corrected chi connectivity index (χ2v) is 24.7. The lowest BCUT2D eigenvalue weighted by Gasteiger charge is -2.37. The normalized spacial score (nSPS) is 11.7. The number of carbonyl (C=O) groups is 2. The molecule has 0 aromatic heterocycles. The highest BCUT2D eigenvalue weighted by atomic mass is 28.3. The van der Waals surface area contributed by atoms with Crippen LogP contribution in [0.3, 0.4) is 0 Å². The van der Waals surface area contributed by atoms with E-state index in [2.05, 4.69) is 84.9 Å². The minimum absolute atomic E-state index is 0.128. The molecule has 2 N–H and O–H groups in total. The Morgan fingerprint density at radius 2 is 0.591 bits per heavy atom. The van der Waals surface area contributed by atoms with Gasteiger partial charge in [0.25, 0.3) is 0 Å². The Balaban J connectivity index is 1.43. The van der Waals surface area contributed by atoms with Crippen molar-refractivity contribution in [2.45, 2.75) is 12.1 Å². The Kier molecular flexibility index (Phi) is 11.4. The molecule has 0 unspecified atom stereocenters. The van der Waals surface area contributed by atoms with Gasteiger partial charge in [-0.1, -0.05) is 243 Å². The second kappa shape index (κ2) is 17.9. The molecule has 4 nitrogen and oxygen atoms in total. The summed E-state index contributed by atoms with van der Waals surface area (Å²) in [5.74, 6) is -2.21. The van der Waals surface area contributed by atoms with Gasteiger partial charge >= 0.3 is 11.9 Å². The van der Waals surface area contributed by atoms with Crippen LogP contribution in [-0.4, -0.2) is 38.3 Å². The maximum absolute atomic E-state index is 14.9. The SMILES string of the molecule is O=C(O)c1c([Si](Cc2ccccc2)(c2ccccc2)c2ccccc2)cc2ccccc2c1-c1c(C(=O)O)c([Si](Cc2ccccc2)(c2ccccc2)c2ccccc2)cc2ccccc12. The molecule has 66 heavy (non-hydrogen) atoms. The summed E-state index contributed by atoms with van der Waals surface area (Å²) in [5, 5.41) is 33.0. The Labute approximate surface area is 386 Å². The first-order valence-corrected chi connectivity index (χ1v) is 26.7. The number of fused-ring (bicyclic) bond motifs is 2. The van der Waals surface area contributed by atoms with Gasteiger partial charge in [0.2, 0.25) is 0 Å². The van der Waals surface area contributed by atoms with Crippen molar-refractivity contribution in [1.82, 2.24) is 0 Å². The molecule has 0 aliphatic rings. The average molecular weight is 887 g/mol. The van der Waals surface area contributed by atoms with Crippen molar-refractivity contribution in [3.63, 3.8) is 0 Å². The number of hydrogen-bond acceptors (Lipinski definition) is 2. The van der Waals surface area contributed by atoms with E-state index in [1.807, 2.05) is 158 Å². The van der Waals surface area contributed by atoms with Crippen molar-refractivity contribution in [2.24, 2.45) is 0 Å². The maximum Gasteiger partial charge on any atom is 0.336 e. The summed E-state index contributed by atoms with van der Waals surface area (Å²) in [4.78, 5) is 29.8. The smallest absolute Gasteiger partial charge is 0.336 e.